The maximum Gasteiger partial charge on any atom is 0.241 e. The van der Waals surface area contributed by atoms with Crippen molar-refractivity contribution in [3.63, 3.8) is 0 Å². The summed E-state index contributed by atoms with van der Waals surface area (Å²) in [6.07, 6.45) is -0.478. The van der Waals surface area contributed by atoms with Gasteiger partial charge in [0, 0.05) is 17.4 Å². The Morgan fingerprint density at radius 1 is 1.09 bits per heavy atom. The van der Waals surface area contributed by atoms with Gasteiger partial charge in [0.25, 0.3) is 0 Å². The van der Waals surface area contributed by atoms with Crippen LogP contribution in [0.1, 0.15) is 18.0 Å². The number of hydrogen-bond acceptors (Lipinski definition) is 4. The van der Waals surface area contributed by atoms with E-state index in [9.17, 15) is 18.3 Å². The number of carboxylic acid groups (broad SMARTS) is 1. The van der Waals surface area contributed by atoms with Crippen molar-refractivity contribution in [2.24, 2.45) is 0 Å². The highest BCUT2D eigenvalue weighted by molar-refractivity contribution is 7.89. The highest BCUT2D eigenvalue weighted by Gasteiger charge is 2.21. The lowest BCUT2D eigenvalue weighted by Crippen LogP contribution is -2.34. The topological polar surface area (TPSA) is 86.3 Å². The standard InChI is InChI=1S/C15H14ClNO4S/c16-12-8-6-11(7-9-12)14(10-15(18)19)17-22(20,21)13-4-2-1-3-5-13/h1-9,14,17H,10H2,(H,18,19)/p-1. The molecule has 0 spiro atoms. The molecule has 0 bridgehead atoms. The summed E-state index contributed by atoms with van der Waals surface area (Å²) in [5.74, 6) is -1.35. The summed E-state index contributed by atoms with van der Waals surface area (Å²) in [4.78, 5) is 11.0. The molecule has 1 N–H and O–H groups in total. The molecule has 1 atom stereocenters. The van der Waals surface area contributed by atoms with Crippen LogP contribution in [0, 0.1) is 0 Å². The number of carbonyl (C=O) groups is 1. The Kier molecular flexibility index (Phi) is 5.18. The molecule has 7 heteroatoms. The minimum Gasteiger partial charge on any atom is -0.550 e. The second-order valence-corrected chi connectivity index (χ2v) is 6.77. The van der Waals surface area contributed by atoms with Crippen LogP contribution in [0.15, 0.2) is 59.5 Å². The molecule has 0 aromatic heterocycles. The molecular weight excluding hydrogens is 326 g/mol. The largest absolute Gasteiger partial charge is 0.550 e. The average Bonchev–Trinajstić information content (AvgIpc) is 2.47. The van der Waals surface area contributed by atoms with Crippen LogP contribution < -0.4 is 9.83 Å². The summed E-state index contributed by atoms with van der Waals surface area (Å²) in [7, 11) is -3.84. The number of sulfonamides is 1. The number of nitrogens with one attached hydrogen (secondary N) is 1. The molecule has 0 saturated carbocycles. The van der Waals surface area contributed by atoms with E-state index in [1.165, 1.54) is 12.1 Å². The lowest BCUT2D eigenvalue weighted by Gasteiger charge is -2.20. The van der Waals surface area contributed by atoms with E-state index in [1.54, 1.807) is 42.5 Å². The SMILES string of the molecule is O=C([O-])CC(NS(=O)(=O)c1ccccc1)c1ccc(Cl)cc1. The van der Waals surface area contributed by atoms with Crippen molar-refractivity contribution < 1.29 is 18.3 Å². The van der Waals surface area contributed by atoms with Gasteiger partial charge in [-0.3, -0.25) is 0 Å². The van der Waals surface area contributed by atoms with Gasteiger partial charge >= 0.3 is 0 Å². The Hall–Kier alpha value is -1.89. The molecule has 5 nitrogen and oxygen atoms in total. The summed E-state index contributed by atoms with van der Waals surface area (Å²) < 4.78 is 27.0. The summed E-state index contributed by atoms with van der Waals surface area (Å²) in [5, 5.41) is 11.4. The van der Waals surface area contributed by atoms with Crippen molar-refractivity contribution >= 4 is 27.6 Å². The monoisotopic (exact) mass is 338 g/mol. The van der Waals surface area contributed by atoms with Gasteiger partial charge in [0.2, 0.25) is 10.0 Å². The molecule has 0 amide bonds. The van der Waals surface area contributed by atoms with Crippen molar-refractivity contribution in [1.82, 2.24) is 4.72 Å². The van der Waals surface area contributed by atoms with Crippen molar-refractivity contribution in [3.05, 3.63) is 65.2 Å². The summed E-state index contributed by atoms with van der Waals surface area (Å²) in [5.41, 5.74) is 0.494. The second kappa shape index (κ2) is 6.91. The van der Waals surface area contributed by atoms with Gasteiger partial charge in [0.1, 0.15) is 0 Å². The van der Waals surface area contributed by atoms with Gasteiger partial charge in [-0.05, 0) is 29.8 Å². The first-order chi connectivity index (χ1) is 10.4. The van der Waals surface area contributed by atoms with Gasteiger partial charge < -0.3 is 9.90 Å². The zero-order chi connectivity index (χ0) is 16.2. The maximum absolute atomic E-state index is 12.3. The Morgan fingerprint density at radius 3 is 2.23 bits per heavy atom. The third kappa shape index (κ3) is 4.30. The number of aliphatic carboxylic acids is 1. The van der Waals surface area contributed by atoms with Crippen molar-refractivity contribution in [2.45, 2.75) is 17.4 Å². The molecule has 0 saturated heterocycles. The molecule has 2 aromatic carbocycles. The fourth-order valence-corrected chi connectivity index (χ4v) is 3.32. The van der Waals surface area contributed by atoms with E-state index in [4.69, 9.17) is 11.6 Å². The molecule has 2 rings (SSSR count). The number of hydrogen-bond donors (Lipinski definition) is 1. The number of carboxylic acids is 1. The Balaban J connectivity index is 2.31. The first kappa shape index (κ1) is 16.5. The van der Waals surface area contributed by atoms with Crippen molar-refractivity contribution in [1.29, 1.82) is 0 Å². The fraction of sp³-hybridized carbons (Fsp3) is 0.133. The Bertz CT molecular complexity index is 745. The van der Waals surface area contributed by atoms with E-state index in [2.05, 4.69) is 4.72 Å². The molecule has 1 unspecified atom stereocenters. The molecule has 116 valence electrons. The zero-order valence-electron chi connectivity index (χ0n) is 11.4. The van der Waals surface area contributed by atoms with Crippen LogP contribution in [0.25, 0.3) is 0 Å². The minimum absolute atomic E-state index is 0.0623. The van der Waals surface area contributed by atoms with Crippen LogP contribution in [0.4, 0.5) is 0 Å². The normalized spacial score (nSPS) is 12.8. The van der Waals surface area contributed by atoms with Crippen LogP contribution in [0.2, 0.25) is 5.02 Å². The van der Waals surface area contributed by atoms with Gasteiger partial charge in [-0.25, -0.2) is 13.1 Å². The second-order valence-electron chi connectivity index (χ2n) is 4.61. The summed E-state index contributed by atoms with van der Waals surface area (Å²) >= 11 is 5.78. The molecule has 0 aliphatic heterocycles. The van der Waals surface area contributed by atoms with Gasteiger partial charge in [-0.15, -0.1) is 0 Å². The number of benzene rings is 2. The average molecular weight is 339 g/mol. The van der Waals surface area contributed by atoms with Crippen LogP contribution in [-0.2, 0) is 14.8 Å². The van der Waals surface area contributed by atoms with E-state index < -0.39 is 28.5 Å². The number of halogens is 1. The zero-order valence-corrected chi connectivity index (χ0v) is 13.0. The van der Waals surface area contributed by atoms with Crippen molar-refractivity contribution in [2.75, 3.05) is 0 Å². The summed E-state index contributed by atoms with van der Waals surface area (Å²) in [6.45, 7) is 0. The maximum atomic E-state index is 12.3. The fourth-order valence-electron chi connectivity index (χ4n) is 1.94. The lowest BCUT2D eigenvalue weighted by molar-refractivity contribution is -0.306. The quantitative estimate of drug-likeness (QED) is 0.864. The Morgan fingerprint density at radius 2 is 1.68 bits per heavy atom. The smallest absolute Gasteiger partial charge is 0.241 e. The van der Waals surface area contributed by atoms with Gasteiger partial charge in [0.15, 0.2) is 0 Å². The van der Waals surface area contributed by atoms with E-state index in [0.29, 0.717) is 10.6 Å². The van der Waals surface area contributed by atoms with E-state index in [0.717, 1.165) is 0 Å². The van der Waals surface area contributed by atoms with E-state index >= 15 is 0 Å². The highest BCUT2D eigenvalue weighted by atomic mass is 35.5. The molecule has 0 aliphatic rings. The predicted molar refractivity (Wildman–Crippen MR) is 80.6 cm³/mol. The third-order valence-electron chi connectivity index (χ3n) is 2.99. The minimum atomic E-state index is -3.84. The van der Waals surface area contributed by atoms with Gasteiger partial charge in [0.05, 0.1) is 10.9 Å². The predicted octanol–water partition coefficient (Wildman–Crippen LogP) is 1.50. The van der Waals surface area contributed by atoms with Crippen molar-refractivity contribution in [3.8, 4) is 0 Å². The third-order valence-corrected chi connectivity index (χ3v) is 4.73. The van der Waals surface area contributed by atoms with E-state index in [-0.39, 0.29) is 4.90 Å². The first-order valence-corrected chi connectivity index (χ1v) is 8.27. The van der Waals surface area contributed by atoms with Gasteiger partial charge in [-0.1, -0.05) is 41.9 Å². The molecule has 2 aromatic rings. The van der Waals surface area contributed by atoms with Crippen LogP contribution in [0.5, 0.6) is 0 Å². The number of carbonyl (C=O) groups excluding carboxylic acids is 1. The van der Waals surface area contributed by atoms with Crippen LogP contribution >= 0.6 is 11.6 Å². The molecular formula is C15H13ClNO4S-. The number of rotatable bonds is 6. The van der Waals surface area contributed by atoms with Crippen LogP contribution in [0.3, 0.4) is 0 Å². The molecule has 0 heterocycles. The van der Waals surface area contributed by atoms with E-state index in [1.807, 2.05) is 0 Å². The van der Waals surface area contributed by atoms with Crippen LogP contribution in [-0.4, -0.2) is 14.4 Å². The molecule has 0 aliphatic carbocycles. The summed E-state index contributed by atoms with van der Waals surface area (Å²) in [6, 6.07) is 13.1. The van der Waals surface area contributed by atoms with Gasteiger partial charge in [-0.2, -0.15) is 0 Å². The molecule has 0 fully saturated rings. The molecule has 0 radical (unpaired) electrons. The molecule has 22 heavy (non-hydrogen) atoms. The first-order valence-electron chi connectivity index (χ1n) is 6.41. The Labute approximate surface area is 133 Å². The highest BCUT2D eigenvalue weighted by Crippen LogP contribution is 2.22. The lowest BCUT2D eigenvalue weighted by atomic mass is 10.1.